The van der Waals surface area contributed by atoms with Gasteiger partial charge in [-0.05, 0) is 31.9 Å². The number of nitrogens with zero attached hydrogens (tertiary/aromatic N) is 3. The van der Waals surface area contributed by atoms with Gasteiger partial charge >= 0.3 is 0 Å². The molecule has 0 aliphatic carbocycles. The predicted octanol–water partition coefficient (Wildman–Crippen LogP) is 2.26. The van der Waals surface area contributed by atoms with Crippen molar-refractivity contribution in [2.24, 2.45) is 5.92 Å². The van der Waals surface area contributed by atoms with E-state index in [9.17, 15) is 0 Å². The lowest BCUT2D eigenvalue weighted by atomic mass is 10.00. The first-order valence-corrected chi connectivity index (χ1v) is 6.96. The molecule has 0 radical (unpaired) electrons. The zero-order valence-corrected chi connectivity index (χ0v) is 11.5. The average molecular weight is 260 g/mol. The van der Waals surface area contributed by atoms with E-state index in [0.717, 1.165) is 37.3 Å². The molecule has 0 spiro atoms. The van der Waals surface area contributed by atoms with Crippen LogP contribution < -0.4 is 5.32 Å². The number of hydrogen-bond acceptors (Lipinski definition) is 4. The lowest BCUT2D eigenvalue weighted by molar-refractivity contribution is 0.0900. The number of anilines is 1. The summed E-state index contributed by atoms with van der Waals surface area (Å²) in [6.45, 7) is 5.97. The molecule has 1 N–H and O–H groups in total. The van der Waals surface area contributed by atoms with Crippen LogP contribution in [0.1, 0.15) is 25.5 Å². The summed E-state index contributed by atoms with van der Waals surface area (Å²) in [6.07, 6.45) is 2.58. The first kappa shape index (κ1) is 12.4. The molecule has 2 aromatic rings. The minimum absolute atomic E-state index is 0.381. The lowest BCUT2D eigenvalue weighted by Crippen LogP contribution is -2.23. The van der Waals surface area contributed by atoms with E-state index in [4.69, 9.17) is 4.74 Å². The van der Waals surface area contributed by atoms with Gasteiger partial charge in [-0.1, -0.05) is 13.0 Å². The van der Waals surface area contributed by atoms with Gasteiger partial charge in [0.1, 0.15) is 0 Å². The number of pyridine rings is 1. The van der Waals surface area contributed by atoms with Gasteiger partial charge in [-0.25, -0.2) is 4.52 Å². The minimum atomic E-state index is 0.381. The third kappa shape index (κ3) is 2.42. The van der Waals surface area contributed by atoms with Crippen molar-refractivity contribution in [1.82, 2.24) is 14.6 Å². The molecule has 0 amide bonds. The van der Waals surface area contributed by atoms with Crippen LogP contribution in [0.15, 0.2) is 18.2 Å². The van der Waals surface area contributed by atoms with Gasteiger partial charge in [-0.3, -0.25) is 0 Å². The maximum atomic E-state index is 5.70. The first-order valence-electron chi connectivity index (χ1n) is 6.96. The summed E-state index contributed by atoms with van der Waals surface area (Å²) in [4.78, 5) is 4.49. The van der Waals surface area contributed by atoms with Gasteiger partial charge in [-0.15, -0.1) is 5.10 Å². The van der Waals surface area contributed by atoms with Crippen molar-refractivity contribution in [1.29, 1.82) is 0 Å². The zero-order valence-electron chi connectivity index (χ0n) is 11.5. The predicted molar refractivity (Wildman–Crippen MR) is 74.4 cm³/mol. The maximum absolute atomic E-state index is 5.70. The molecule has 1 aliphatic rings. The van der Waals surface area contributed by atoms with Crippen LogP contribution in [0.25, 0.3) is 5.65 Å². The second-order valence-corrected chi connectivity index (χ2v) is 5.12. The molecule has 5 nitrogen and oxygen atoms in total. The van der Waals surface area contributed by atoms with Crippen LogP contribution in [-0.4, -0.2) is 33.9 Å². The Labute approximate surface area is 113 Å². The van der Waals surface area contributed by atoms with Crippen molar-refractivity contribution >= 4 is 11.6 Å². The Hall–Kier alpha value is -1.62. The van der Waals surface area contributed by atoms with Crippen molar-refractivity contribution < 1.29 is 4.74 Å². The molecule has 1 aliphatic heterocycles. The molecule has 2 unspecified atom stereocenters. The van der Waals surface area contributed by atoms with Crippen LogP contribution in [0.5, 0.6) is 0 Å². The number of fused-ring (bicyclic) bond motifs is 1. The monoisotopic (exact) mass is 260 g/mol. The van der Waals surface area contributed by atoms with E-state index >= 15 is 0 Å². The number of rotatable bonds is 4. The fraction of sp³-hybridized carbons (Fsp3) is 0.571. The molecule has 2 atom stereocenters. The normalized spacial score (nSPS) is 23.1. The molecule has 2 aromatic heterocycles. The van der Waals surface area contributed by atoms with Gasteiger partial charge in [0.15, 0.2) is 5.65 Å². The number of ether oxygens (including phenoxy) is 1. The lowest BCUT2D eigenvalue weighted by Gasteiger charge is -2.16. The van der Waals surface area contributed by atoms with Crippen molar-refractivity contribution in [2.75, 3.05) is 18.5 Å². The van der Waals surface area contributed by atoms with Crippen LogP contribution in [0.2, 0.25) is 0 Å². The van der Waals surface area contributed by atoms with E-state index in [2.05, 4.69) is 22.3 Å². The van der Waals surface area contributed by atoms with E-state index in [1.165, 1.54) is 0 Å². The highest BCUT2D eigenvalue weighted by Gasteiger charge is 2.26. The van der Waals surface area contributed by atoms with Gasteiger partial charge < -0.3 is 10.1 Å². The molecule has 1 saturated heterocycles. The summed E-state index contributed by atoms with van der Waals surface area (Å²) in [7, 11) is 0. The second-order valence-electron chi connectivity index (χ2n) is 5.12. The summed E-state index contributed by atoms with van der Waals surface area (Å²) in [5.74, 6) is 1.27. The van der Waals surface area contributed by atoms with Gasteiger partial charge in [0, 0.05) is 24.8 Å². The van der Waals surface area contributed by atoms with Gasteiger partial charge in [0.25, 0.3) is 0 Å². The molecule has 3 heterocycles. The largest absolute Gasteiger partial charge is 0.378 e. The highest BCUT2D eigenvalue weighted by atomic mass is 16.5. The minimum Gasteiger partial charge on any atom is -0.378 e. The molecule has 5 heteroatoms. The summed E-state index contributed by atoms with van der Waals surface area (Å²) >= 11 is 0. The average Bonchev–Trinajstić information content (AvgIpc) is 3.02. The second kappa shape index (κ2) is 5.17. The smallest absolute Gasteiger partial charge is 0.243 e. The molecule has 0 aromatic carbocycles. The standard InChI is InChI=1S/C14H20N4O/c1-3-12-11(7-8-19-12)9-15-14-16-13-6-4-5-10(2)18(13)17-14/h4-6,11-12H,3,7-9H2,1-2H3,(H,15,17). The third-order valence-electron chi connectivity index (χ3n) is 3.82. The highest BCUT2D eigenvalue weighted by Crippen LogP contribution is 2.23. The number of aromatic nitrogens is 3. The van der Waals surface area contributed by atoms with Crippen LogP contribution in [0.3, 0.4) is 0 Å². The molecule has 0 saturated carbocycles. The Morgan fingerprint density at radius 1 is 1.47 bits per heavy atom. The Morgan fingerprint density at radius 3 is 3.16 bits per heavy atom. The fourth-order valence-corrected chi connectivity index (χ4v) is 2.71. The van der Waals surface area contributed by atoms with Gasteiger partial charge in [0.2, 0.25) is 5.95 Å². The van der Waals surface area contributed by atoms with Crippen LogP contribution in [0, 0.1) is 12.8 Å². The summed E-state index contributed by atoms with van der Waals surface area (Å²) in [5.41, 5.74) is 1.98. The van der Waals surface area contributed by atoms with Crippen molar-refractivity contribution in [2.45, 2.75) is 32.8 Å². The fourth-order valence-electron chi connectivity index (χ4n) is 2.71. The molecular weight excluding hydrogens is 240 g/mol. The molecule has 3 rings (SSSR count). The Bertz CT molecular complexity index is 566. The Morgan fingerprint density at radius 2 is 2.37 bits per heavy atom. The summed E-state index contributed by atoms with van der Waals surface area (Å²) in [5, 5.41) is 7.82. The molecule has 1 fully saturated rings. The number of hydrogen-bond donors (Lipinski definition) is 1. The summed E-state index contributed by atoms with van der Waals surface area (Å²) in [6, 6.07) is 6.00. The van der Waals surface area contributed by atoms with Gasteiger partial charge in [-0.2, -0.15) is 4.98 Å². The van der Waals surface area contributed by atoms with Crippen molar-refractivity contribution in [3.05, 3.63) is 23.9 Å². The number of aryl methyl sites for hydroxylation is 1. The quantitative estimate of drug-likeness (QED) is 0.916. The maximum Gasteiger partial charge on any atom is 0.243 e. The Kier molecular flexibility index (Phi) is 3.38. The van der Waals surface area contributed by atoms with Crippen LogP contribution in [0.4, 0.5) is 5.95 Å². The van der Waals surface area contributed by atoms with E-state index in [1.54, 1.807) is 0 Å². The topological polar surface area (TPSA) is 51.5 Å². The molecule has 102 valence electrons. The molecular formula is C14H20N4O. The van der Waals surface area contributed by atoms with Crippen LogP contribution >= 0.6 is 0 Å². The first-order chi connectivity index (χ1) is 9.28. The number of nitrogens with one attached hydrogen (secondary N) is 1. The molecule has 19 heavy (non-hydrogen) atoms. The third-order valence-corrected chi connectivity index (χ3v) is 3.82. The van der Waals surface area contributed by atoms with Crippen molar-refractivity contribution in [3.8, 4) is 0 Å². The summed E-state index contributed by atoms with van der Waals surface area (Å²) < 4.78 is 7.56. The van der Waals surface area contributed by atoms with Crippen LogP contribution in [-0.2, 0) is 4.74 Å². The van der Waals surface area contributed by atoms with Gasteiger partial charge in [0.05, 0.1) is 6.10 Å². The van der Waals surface area contributed by atoms with E-state index in [-0.39, 0.29) is 0 Å². The molecule has 0 bridgehead atoms. The zero-order chi connectivity index (χ0) is 13.2. The van der Waals surface area contributed by atoms with E-state index in [1.807, 2.05) is 29.6 Å². The SMILES string of the molecule is CCC1OCCC1CNc1nc2cccc(C)n2n1. The Balaban J connectivity index is 1.70. The highest BCUT2D eigenvalue weighted by molar-refractivity contribution is 5.44. The van der Waals surface area contributed by atoms with E-state index in [0.29, 0.717) is 18.0 Å². The van der Waals surface area contributed by atoms with E-state index < -0.39 is 0 Å². The van der Waals surface area contributed by atoms with Crippen molar-refractivity contribution in [3.63, 3.8) is 0 Å².